The van der Waals surface area contributed by atoms with E-state index in [1.807, 2.05) is 0 Å². The predicted molar refractivity (Wildman–Crippen MR) is 55.6 cm³/mol. The lowest BCUT2D eigenvalue weighted by molar-refractivity contribution is 0.607. The topological polar surface area (TPSA) is 45.8 Å². The predicted octanol–water partition coefficient (Wildman–Crippen LogP) is 2.02. The van der Waals surface area contributed by atoms with E-state index < -0.39 is 0 Å². The van der Waals surface area contributed by atoms with Crippen molar-refractivity contribution in [1.29, 1.82) is 0 Å². The third-order valence-corrected chi connectivity index (χ3v) is 3.17. The van der Waals surface area contributed by atoms with Gasteiger partial charge in [0.15, 0.2) is 0 Å². The van der Waals surface area contributed by atoms with Gasteiger partial charge in [0.25, 0.3) is 5.56 Å². The van der Waals surface area contributed by atoms with E-state index in [9.17, 15) is 4.79 Å². The third-order valence-electron chi connectivity index (χ3n) is 2.88. The van der Waals surface area contributed by atoms with Crippen LogP contribution in [0.3, 0.4) is 0 Å². The summed E-state index contributed by atoms with van der Waals surface area (Å²) in [5.74, 6) is 1.42. The molecule has 76 valence electrons. The van der Waals surface area contributed by atoms with Crippen molar-refractivity contribution in [2.24, 2.45) is 5.41 Å². The van der Waals surface area contributed by atoms with Crippen LogP contribution in [-0.2, 0) is 5.88 Å². The van der Waals surface area contributed by atoms with E-state index in [2.05, 4.69) is 23.8 Å². The van der Waals surface area contributed by atoms with Crippen LogP contribution in [0.1, 0.15) is 37.6 Å². The minimum atomic E-state index is -0.104. The highest BCUT2D eigenvalue weighted by atomic mass is 35.5. The second-order valence-electron chi connectivity index (χ2n) is 4.50. The average Bonchev–Trinajstić information content (AvgIpc) is 2.75. The minimum Gasteiger partial charge on any atom is -0.310 e. The second kappa shape index (κ2) is 3.09. The van der Waals surface area contributed by atoms with Crippen LogP contribution < -0.4 is 5.56 Å². The molecular formula is C10H13ClN2O. The van der Waals surface area contributed by atoms with E-state index in [1.165, 1.54) is 0 Å². The highest BCUT2D eigenvalue weighted by Crippen LogP contribution is 2.57. The van der Waals surface area contributed by atoms with Crippen molar-refractivity contribution >= 4 is 11.6 Å². The number of H-pyrrole nitrogens is 1. The molecule has 0 spiro atoms. The molecule has 2 rings (SSSR count). The fraction of sp³-hybridized carbons (Fsp3) is 0.600. The lowest BCUT2D eigenvalue weighted by atomic mass is 10.1. The number of hydrogen-bond acceptors (Lipinski definition) is 2. The summed E-state index contributed by atoms with van der Waals surface area (Å²) >= 11 is 5.58. The van der Waals surface area contributed by atoms with Crippen LogP contribution in [0.25, 0.3) is 0 Å². The van der Waals surface area contributed by atoms with Crippen LogP contribution in [0.5, 0.6) is 0 Å². The van der Waals surface area contributed by atoms with Gasteiger partial charge in [0.1, 0.15) is 5.82 Å². The van der Waals surface area contributed by atoms with E-state index in [0.717, 1.165) is 12.2 Å². The molecular weight excluding hydrogens is 200 g/mol. The molecule has 0 aromatic carbocycles. The third kappa shape index (κ3) is 1.57. The summed E-state index contributed by atoms with van der Waals surface area (Å²) in [5.41, 5.74) is 0.722. The van der Waals surface area contributed by atoms with Gasteiger partial charge in [-0.15, -0.1) is 11.6 Å². The maximum Gasteiger partial charge on any atom is 0.255 e. The first-order chi connectivity index (χ1) is 6.54. The van der Waals surface area contributed by atoms with Gasteiger partial charge in [-0.25, -0.2) is 4.98 Å². The van der Waals surface area contributed by atoms with E-state index in [4.69, 9.17) is 11.6 Å². The van der Waals surface area contributed by atoms with E-state index in [0.29, 0.717) is 16.9 Å². The first-order valence-electron chi connectivity index (χ1n) is 4.68. The molecule has 0 saturated heterocycles. The Labute approximate surface area is 87.5 Å². The summed E-state index contributed by atoms with van der Waals surface area (Å²) in [6.45, 7) is 4.35. The average molecular weight is 213 g/mol. The molecule has 1 aliphatic rings. The smallest absolute Gasteiger partial charge is 0.255 e. The number of nitrogens with zero attached hydrogens (tertiary/aromatic N) is 1. The van der Waals surface area contributed by atoms with Crippen LogP contribution in [-0.4, -0.2) is 9.97 Å². The summed E-state index contributed by atoms with van der Waals surface area (Å²) in [6.07, 6.45) is 2.67. The Morgan fingerprint density at radius 1 is 1.71 bits per heavy atom. The summed E-state index contributed by atoms with van der Waals surface area (Å²) in [6, 6.07) is 0. The summed E-state index contributed by atoms with van der Waals surface area (Å²) in [7, 11) is 0. The van der Waals surface area contributed by atoms with Gasteiger partial charge in [-0.3, -0.25) is 4.79 Å². The summed E-state index contributed by atoms with van der Waals surface area (Å²) in [4.78, 5) is 18.5. The van der Waals surface area contributed by atoms with Gasteiger partial charge >= 0.3 is 0 Å². The Morgan fingerprint density at radius 3 is 2.79 bits per heavy atom. The SMILES string of the molecule is CC1(C)CC1c1ncc(CCl)c(=O)[nH]1. The summed E-state index contributed by atoms with van der Waals surface area (Å²) < 4.78 is 0. The van der Waals surface area contributed by atoms with Crippen molar-refractivity contribution in [1.82, 2.24) is 9.97 Å². The molecule has 1 unspecified atom stereocenters. The fourth-order valence-corrected chi connectivity index (χ4v) is 1.83. The van der Waals surface area contributed by atoms with Gasteiger partial charge < -0.3 is 4.98 Å². The van der Waals surface area contributed by atoms with Gasteiger partial charge in [0, 0.05) is 12.1 Å². The summed E-state index contributed by atoms with van der Waals surface area (Å²) in [5, 5.41) is 0. The van der Waals surface area contributed by atoms with E-state index >= 15 is 0 Å². The highest BCUT2D eigenvalue weighted by molar-refractivity contribution is 6.17. The van der Waals surface area contributed by atoms with Crippen LogP contribution in [0.2, 0.25) is 0 Å². The van der Waals surface area contributed by atoms with Crippen molar-refractivity contribution in [3.63, 3.8) is 0 Å². The number of alkyl halides is 1. The van der Waals surface area contributed by atoms with Crippen molar-refractivity contribution in [3.8, 4) is 0 Å². The van der Waals surface area contributed by atoms with Crippen molar-refractivity contribution < 1.29 is 0 Å². The molecule has 1 fully saturated rings. The molecule has 1 heterocycles. The van der Waals surface area contributed by atoms with Crippen LogP contribution >= 0.6 is 11.6 Å². The van der Waals surface area contributed by atoms with Gasteiger partial charge in [0.2, 0.25) is 0 Å². The van der Waals surface area contributed by atoms with Crippen LogP contribution in [0.4, 0.5) is 0 Å². The minimum absolute atomic E-state index is 0.104. The quantitative estimate of drug-likeness (QED) is 0.763. The zero-order chi connectivity index (χ0) is 10.3. The molecule has 1 atom stereocenters. The lowest BCUT2D eigenvalue weighted by Crippen LogP contribution is -2.15. The highest BCUT2D eigenvalue weighted by Gasteiger charge is 2.48. The Morgan fingerprint density at radius 2 is 2.36 bits per heavy atom. The van der Waals surface area contributed by atoms with E-state index in [-0.39, 0.29) is 11.4 Å². The molecule has 1 aromatic rings. The van der Waals surface area contributed by atoms with Gasteiger partial charge in [-0.05, 0) is 11.8 Å². The first-order valence-corrected chi connectivity index (χ1v) is 5.22. The number of hydrogen-bond donors (Lipinski definition) is 1. The number of halogens is 1. The molecule has 1 aromatic heterocycles. The molecule has 3 nitrogen and oxygen atoms in total. The Kier molecular flexibility index (Phi) is 2.14. The standard InChI is InChI=1S/C10H13ClN2O/c1-10(2)3-7(10)8-12-5-6(4-11)9(14)13-8/h5,7H,3-4H2,1-2H3,(H,12,13,14). The zero-order valence-corrected chi connectivity index (χ0v) is 9.06. The zero-order valence-electron chi connectivity index (χ0n) is 8.30. The molecule has 14 heavy (non-hydrogen) atoms. The molecule has 0 aliphatic heterocycles. The monoisotopic (exact) mass is 212 g/mol. The number of aromatic amines is 1. The Balaban J connectivity index is 2.31. The van der Waals surface area contributed by atoms with Crippen LogP contribution in [0.15, 0.2) is 11.0 Å². The largest absolute Gasteiger partial charge is 0.310 e. The fourth-order valence-electron chi connectivity index (χ4n) is 1.64. The normalized spacial score (nSPS) is 23.5. The molecule has 1 N–H and O–H groups in total. The Bertz CT molecular complexity index is 411. The maximum atomic E-state index is 11.4. The van der Waals surface area contributed by atoms with Crippen molar-refractivity contribution in [2.75, 3.05) is 0 Å². The first kappa shape index (κ1) is 9.71. The maximum absolute atomic E-state index is 11.4. The molecule has 0 radical (unpaired) electrons. The number of rotatable bonds is 2. The van der Waals surface area contributed by atoms with Gasteiger partial charge in [-0.1, -0.05) is 13.8 Å². The lowest BCUT2D eigenvalue weighted by Gasteiger charge is -2.02. The van der Waals surface area contributed by atoms with E-state index in [1.54, 1.807) is 6.20 Å². The molecule has 0 amide bonds. The molecule has 0 bridgehead atoms. The van der Waals surface area contributed by atoms with Gasteiger partial charge in [0.05, 0.1) is 11.4 Å². The molecule has 1 saturated carbocycles. The molecule has 4 heteroatoms. The van der Waals surface area contributed by atoms with Crippen LogP contribution in [0, 0.1) is 5.41 Å². The molecule has 1 aliphatic carbocycles. The number of aromatic nitrogens is 2. The second-order valence-corrected chi connectivity index (χ2v) is 4.77. The van der Waals surface area contributed by atoms with Crippen molar-refractivity contribution in [3.05, 3.63) is 27.9 Å². The Hall–Kier alpha value is -0.830. The number of nitrogens with one attached hydrogen (secondary N) is 1. The van der Waals surface area contributed by atoms with Gasteiger partial charge in [-0.2, -0.15) is 0 Å². The van der Waals surface area contributed by atoms with Crippen molar-refractivity contribution in [2.45, 2.75) is 32.1 Å².